The molecule has 160 valence electrons. The fourth-order valence-corrected chi connectivity index (χ4v) is 5.68. The monoisotopic (exact) mass is 419 g/mol. The van der Waals surface area contributed by atoms with E-state index in [1.807, 2.05) is 9.13 Å². The number of nitrogens with zero attached hydrogens (tertiary/aromatic N) is 4. The number of anilines is 1. The molecule has 0 aromatic rings. The van der Waals surface area contributed by atoms with Crippen molar-refractivity contribution in [2.24, 2.45) is 5.92 Å². The van der Waals surface area contributed by atoms with E-state index in [9.17, 15) is 4.79 Å². The summed E-state index contributed by atoms with van der Waals surface area (Å²) in [4.78, 5) is 23.1. The highest BCUT2D eigenvalue weighted by Crippen LogP contribution is 2.38. The number of imidazole rings is 1. The van der Waals surface area contributed by atoms with Gasteiger partial charge in [-0.3, -0.25) is 9.13 Å². The minimum absolute atomic E-state index is 0. The minimum atomic E-state index is 0. The summed E-state index contributed by atoms with van der Waals surface area (Å²) in [5.74, 6) is 3.95. The molecule has 6 nitrogen and oxygen atoms in total. The molecule has 0 saturated heterocycles. The molecule has 0 bridgehead atoms. The highest BCUT2D eigenvalue weighted by atomic mass is 35.5. The first-order valence-corrected chi connectivity index (χ1v) is 11.5. The van der Waals surface area contributed by atoms with Crippen molar-refractivity contribution in [3.8, 4) is 11.5 Å². The van der Waals surface area contributed by atoms with Gasteiger partial charge < -0.3 is 5.32 Å². The molecule has 29 heavy (non-hydrogen) atoms. The van der Waals surface area contributed by atoms with Crippen LogP contribution in [0.3, 0.4) is 0 Å². The number of rotatable bonds is 5. The van der Waals surface area contributed by atoms with Gasteiger partial charge >= 0.3 is 5.69 Å². The van der Waals surface area contributed by atoms with Gasteiger partial charge in [-0.15, -0.1) is 12.4 Å². The van der Waals surface area contributed by atoms with Crippen molar-refractivity contribution in [2.45, 2.75) is 103 Å². The lowest BCUT2D eigenvalue weighted by Crippen LogP contribution is -2.32. The van der Waals surface area contributed by atoms with Gasteiger partial charge in [0.25, 0.3) is 0 Å². The number of fused-ring (bicyclic) bond motifs is 3. The van der Waals surface area contributed by atoms with Crippen LogP contribution in [0.5, 0.6) is 0 Å². The number of hydrogen-bond acceptors (Lipinski definition) is 4. The van der Waals surface area contributed by atoms with Crippen molar-refractivity contribution in [2.75, 3.05) is 5.32 Å². The second-order valence-electron chi connectivity index (χ2n) is 9.21. The molecule has 0 unspecified atom stereocenters. The molecule has 2 aliphatic carbocycles. The van der Waals surface area contributed by atoms with Crippen LogP contribution in [-0.4, -0.2) is 25.1 Å². The van der Waals surface area contributed by atoms with Crippen LogP contribution in [0.1, 0.15) is 89.3 Å². The maximum Gasteiger partial charge on any atom is 0.331 e. The summed E-state index contributed by atoms with van der Waals surface area (Å²) in [5, 5.41) is 3.69. The molecule has 7 heteroatoms. The molecule has 1 atom stereocenters. The zero-order valence-electron chi connectivity index (χ0n) is 17.5. The Hall–Kier alpha value is -1.56. The summed E-state index contributed by atoms with van der Waals surface area (Å²) < 4.78 is 3.81. The van der Waals surface area contributed by atoms with E-state index in [0.717, 1.165) is 42.0 Å². The van der Waals surface area contributed by atoms with Crippen LogP contribution < -0.4 is 11.0 Å². The first-order valence-electron chi connectivity index (χ1n) is 11.5. The van der Waals surface area contributed by atoms with E-state index in [1.165, 1.54) is 64.2 Å². The number of nitrogens with one attached hydrogen (secondary N) is 1. The number of aromatic nitrogens is 4. The van der Waals surface area contributed by atoms with Gasteiger partial charge in [-0.2, -0.15) is 0 Å². The molecule has 2 saturated carbocycles. The maximum atomic E-state index is 13.3. The van der Waals surface area contributed by atoms with Gasteiger partial charge in [0.2, 0.25) is 0 Å². The molecule has 1 N–H and O–H groups in total. The average Bonchev–Trinajstić information content (AvgIpc) is 3.44. The molecule has 2 fully saturated rings. The second kappa shape index (κ2) is 8.66. The maximum absolute atomic E-state index is 13.3. The lowest BCUT2D eigenvalue weighted by atomic mass is 9.85. The molecule has 5 rings (SSSR count). The third-order valence-corrected chi connectivity index (χ3v) is 7.12. The lowest BCUT2D eigenvalue weighted by Gasteiger charge is -2.24. The Labute approximate surface area is 179 Å². The Balaban J connectivity index is 0.00000205. The van der Waals surface area contributed by atoms with E-state index in [0.29, 0.717) is 18.5 Å². The van der Waals surface area contributed by atoms with Crippen LogP contribution in [-0.2, 0) is 13.1 Å². The van der Waals surface area contributed by atoms with Crippen LogP contribution in [0.2, 0.25) is 0 Å². The molecule has 3 heterocycles. The fourth-order valence-electron chi connectivity index (χ4n) is 5.68. The highest BCUT2D eigenvalue weighted by molar-refractivity contribution is 5.85. The van der Waals surface area contributed by atoms with E-state index >= 15 is 0 Å². The van der Waals surface area contributed by atoms with Gasteiger partial charge in [0.1, 0.15) is 17.3 Å². The summed E-state index contributed by atoms with van der Waals surface area (Å²) in [7, 11) is 0. The quantitative estimate of drug-likeness (QED) is 0.756. The first kappa shape index (κ1) is 20.7. The summed E-state index contributed by atoms with van der Waals surface area (Å²) >= 11 is 0. The number of hydrogen-bond donors (Lipinski definition) is 1. The normalized spacial score (nSPS) is 22.6. The zero-order chi connectivity index (χ0) is 19.1. The molecular weight excluding hydrogens is 386 g/mol. The molecule has 0 spiro atoms. The average molecular weight is 420 g/mol. The van der Waals surface area contributed by atoms with E-state index in [-0.39, 0.29) is 18.1 Å². The van der Waals surface area contributed by atoms with E-state index in [1.54, 1.807) is 0 Å². The summed E-state index contributed by atoms with van der Waals surface area (Å²) in [6.45, 7) is 3.61. The smallest absolute Gasteiger partial charge is 0.331 e. The summed E-state index contributed by atoms with van der Waals surface area (Å²) in [6.07, 6.45) is 13.8. The van der Waals surface area contributed by atoms with Gasteiger partial charge in [-0.1, -0.05) is 51.9 Å². The highest BCUT2D eigenvalue weighted by Gasteiger charge is 2.34. The van der Waals surface area contributed by atoms with Crippen molar-refractivity contribution < 1.29 is 0 Å². The van der Waals surface area contributed by atoms with Gasteiger partial charge in [0.15, 0.2) is 5.82 Å². The summed E-state index contributed by atoms with van der Waals surface area (Å²) in [5.41, 5.74) is 1.00. The van der Waals surface area contributed by atoms with Crippen LogP contribution in [0.4, 0.5) is 5.82 Å². The minimum Gasteiger partial charge on any atom is -0.365 e. The van der Waals surface area contributed by atoms with Gasteiger partial charge in [-0.05, 0) is 31.6 Å². The molecule has 3 aliphatic heterocycles. The molecule has 5 aliphatic rings. The fraction of sp³-hybridized carbons (Fsp3) is 0.773. The Kier molecular flexibility index (Phi) is 6.19. The predicted octanol–water partition coefficient (Wildman–Crippen LogP) is 4.80. The third-order valence-electron chi connectivity index (χ3n) is 7.12. The third kappa shape index (κ3) is 3.80. The Morgan fingerprint density at radius 3 is 2.48 bits per heavy atom. The summed E-state index contributed by atoms with van der Waals surface area (Å²) in [6, 6.07) is 0.350. The molecule has 0 amide bonds. The van der Waals surface area contributed by atoms with E-state index < -0.39 is 0 Å². The molecule has 0 radical (unpaired) electrons. The van der Waals surface area contributed by atoms with Gasteiger partial charge in [0.05, 0.1) is 0 Å². The number of halogens is 1. The van der Waals surface area contributed by atoms with E-state index in [4.69, 9.17) is 9.97 Å². The van der Waals surface area contributed by atoms with Crippen LogP contribution in [0.15, 0.2) is 4.79 Å². The SMILES string of the molecule is CCCn1c2nc(C3CCCC3)nc-2c2n(c1=O)C[C@H](CC1CCCCC1)N2.Cl. The van der Waals surface area contributed by atoms with Crippen molar-refractivity contribution in [1.29, 1.82) is 0 Å². The van der Waals surface area contributed by atoms with Crippen molar-refractivity contribution >= 4 is 18.2 Å². The van der Waals surface area contributed by atoms with Gasteiger partial charge in [-0.25, -0.2) is 14.8 Å². The lowest BCUT2D eigenvalue weighted by molar-refractivity contribution is 0.319. The first-order chi connectivity index (χ1) is 13.7. The van der Waals surface area contributed by atoms with Crippen LogP contribution in [0.25, 0.3) is 11.5 Å². The van der Waals surface area contributed by atoms with Gasteiger partial charge in [0, 0.05) is 25.0 Å². The van der Waals surface area contributed by atoms with Crippen molar-refractivity contribution in [3.05, 3.63) is 16.3 Å². The van der Waals surface area contributed by atoms with Crippen LogP contribution >= 0.6 is 12.4 Å². The second-order valence-corrected chi connectivity index (χ2v) is 9.21. The Morgan fingerprint density at radius 1 is 1.03 bits per heavy atom. The largest absolute Gasteiger partial charge is 0.365 e. The van der Waals surface area contributed by atoms with E-state index in [2.05, 4.69) is 12.2 Å². The van der Waals surface area contributed by atoms with Crippen molar-refractivity contribution in [3.63, 3.8) is 0 Å². The van der Waals surface area contributed by atoms with Crippen molar-refractivity contribution in [1.82, 2.24) is 19.1 Å². The molecular formula is C22H34ClN5O. The Bertz CT molecular complexity index is 863. The standard InChI is InChI=1S/C22H33N5O.ClH/c1-2-12-26-21-18(24-19(25-21)16-10-6-7-11-16)20-23-17(14-27(20)22(26)28)13-15-8-4-3-5-9-15;/h15-17,23H,2-14H2,1H3;1H/t17-;/m0./s1. The van der Waals surface area contributed by atoms with Crippen LogP contribution in [0, 0.1) is 5.92 Å². The predicted molar refractivity (Wildman–Crippen MR) is 118 cm³/mol. The molecule has 0 aromatic heterocycles. The zero-order valence-corrected chi connectivity index (χ0v) is 18.3. The Morgan fingerprint density at radius 2 is 1.76 bits per heavy atom. The molecule has 0 aromatic carbocycles. The topological polar surface area (TPSA) is 64.7 Å².